The lowest BCUT2D eigenvalue weighted by atomic mass is 10.2. The Bertz CT molecular complexity index is 466. The second-order valence-corrected chi connectivity index (χ2v) is 4.60. The topological polar surface area (TPSA) is 12.9 Å². The van der Waals surface area contributed by atoms with E-state index >= 15 is 0 Å². The maximum atomic E-state index is 4.42. The van der Waals surface area contributed by atoms with Gasteiger partial charge in [-0.2, -0.15) is 0 Å². The van der Waals surface area contributed by atoms with Crippen molar-refractivity contribution in [2.75, 3.05) is 0 Å². The Labute approximate surface area is 93.4 Å². The molecule has 1 aromatic heterocycles. The van der Waals surface area contributed by atoms with Gasteiger partial charge in [0.25, 0.3) is 0 Å². The number of rotatable bonds is 0. The quantitative estimate of drug-likeness (QED) is 0.668. The summed E-state index contributed by atoms with van der Waals surface area (Å²) in [5.74, 6) is 0. The highest BCUT2D eigenvalue weighted by molar-refractivity contribution is 9.10. The van der Waals surface area contributed by atoms with Crippen LogP contribution in [0.5, 0.6) is 0 Å². The van der Waals surface area contributed by atoms with E-state index in [0.717, 1.165) is 20.2 Å². The predicted octanol–water partition coefficient (Wildman–Crippen LogP) is 4.07. The fourth-order valence-corrected chi connectivity index (χ4v) is 1.88. The number of benzene rings is 1. The fraction of sp³-hybridized carbons (Fsp3) is 0.100. The Balaban J connectivity index is 2.81. The molecule has 1 heterocycles. The first-order valence-electron chi connectivity index (χ1n) is 3.89. The van der Waals surface area contributed by atoms with E-state index in [2.05, 4.69) is 49.0 Å². The summed E-state index contributed by atoms with van der Waals surface area (Å²) in [4.78, 5) is 4.42. The number of aryl methyl sites for hydroxylation is 1. The molecule has 0 saturated carbocycles. The van der Waals surface area contributed by atoms with Crippen LogP contribution >= 0.6 is 31.9 Å². The number of fused-ring (bicyclic) bond motifs is 1. The molecule has 0 atom stereocenters. The third-order valence-corrected chi connectivity index (χ3v) is 3.20. The number of aromatic nitrogens is 1. The second-order valence-electron chi connectivity index (χ2n) is 2.93. The number of pyridine rings is 1. The van der Waals surface area contributed by atoms with E-state index in [-0.39, 0.29) is 0 Å². The zero-order valence-electron chi connectivity index (χ0n) is 7.01. The molecule has 0 amide bonds. The lowest BCUT2D eigenvalue weighted by molar-refractivity contribution is 1.27. The molecular weight excluding hydrogens is 294 g/mol. The molecule has 3 heteroatoms. The molecule has 0 bridgehead atoms. The zero-order chi connectivity index (χ0) is 9.42. The summed E-state index contributed by atoms with van der Waals surface area (Å²) in [6.07, 6.45) is 0. The number of hydrogen-bond acceptors (Lipinski definition) is 1. The molecule has 0 N–H and O–H groups in total. The fourth-order valence-electron chi connectivity index (χ4n) is 1.22. The average Bonchev–Trinajstić information content (AvgIpc) is 2.08. The molecule has 1 aromatic carbocycles. The van der Waals surface area contributed by atoms with Crippen molar-refractivity contribution in [3.8, 4) is 0 Å². The van der Waals surface area contributed by atoms with Crippen molar-refractivity contribution < 1.29 is 0 Å². The van der Waals surface area contributed by atoms with Crippen LogP contribution in [0.4, 0.5) is 0 Å². The summed E-state index contributed by atoms with van der Waals surface area (Å²) in [5.41, 5.74) is 2.17. The van der Waals surface area contributed by atoms with Crippen molar-refractivity contribution in [3.05, 3.63) is 38.9 Å². The third kappa shape index (κ3) is 1.76. The van der Waals surface area contributed by atoms with Crippen LogP contribution in [0.25, 0.3) is 10.9 Å². The minimum atomic E-state index is 0.915. The van der Waals surface area contributed by atoms with Crippen LogP contribution in [0.15, 0.2) is 33.3 Å². The second kappa shape index (κ2) is 3.39. The summed E-state index contributed by atoms with van der Waals surface area (Å²) < 4.78 is 1.97. The number of halogens is 2. The molecule has 0 radical (unpaired) electrons. The van der Waals surface area contributed by atoms with Gasteiger partial charge in [0.1, 0.15) is 4.60 Å². The third-order valence-electron chi connectivity index (χ3n) is 1.91. The van der Waals surface area contributed by atoms with Crippen molar-refractivity contribution in [3.63, 3.8) is 0 Å². The van der Waals surface area contributed by atoms with Crippen molar-refractivity contribution in [2.24, 2.45) is 0 Å². The van der Waals surface area contributed by atoms with Crippen molar-refractivity contribution in [1.29, 1.82) is 0 Å². The van der Waals surface area contributed by atoms with Crippen LogP contribution < -0.4 is 0 Å². The minimum absolute atomic E-state index is 0.915. The summed E-state index contributed by atoms with van der Waals surface area (Å²) in [7, 11) is 0. The zero-order valence-corrected chi connectivity index (χ0v) is 10.2. The Morgan fingerprint density at radius 1 is 1.15 bits per heavy atom. The van der Waals surface area contributed by atoms with Crippen molar-refractivity contribution >= 4 is 42.8 Å². The van der Waals surface area contributed by atoms with Gasteiger partial charge in [-0.05, 0) is 46.6 Å². The molecule has 2 rings (SSSR count). The van der Waals surface area contributed by atoms with Gasteiger partial charge < -0.3 is 0 Å². The molecular formula is C10H7Br2N. The van der Waals surface area contributed by atoms with Gasteiger partial charge in [-0.15, -0.1) is 0 Å². The molecule has 0 aliphatic carbocycles. The molecule has 0 aliphatic heterocycles. The van der Waals surface area contributed by atoms with Crippen molar-refractivity contribution in [2.45, 2.75) is 6.92 Å². The van der Waals surface area contributed by atoms with Crippen LogP contribution in [0.1, 0.15) is 5.56 Å². The average molecular weight is 301 g/mol. The maximum absolute atomic E-state index is 4.42. The maximum Gasteiger partial charge on any atom is 0.109 e. The first-order valence-corrected chi connectivity index (χ1v) is 5.48. The van der Waals surface area contributed by atoms with Crippen LogP contribution in [-0.4, -0.2) is 4.98 Å². The number of hydrogen-bond donors (Lipinski definition) is 0. The highest BCUT2D eigenvalue weighted by Gasteiger charge is 2.00. The molecule has 2 aromatic rings. The van der Waals surface area contributed by atoms with Gasteiger partial charge >= 0.3 is 0 Å². The molecule has 1 nitrogen and oxygen atoms in total. The molecule has 0 spiro atoms. The summed E-state index contributed by atoms with van der Waals surface area (Å²) >= 11 is 6.83. The van der Waals surface area contributed by atoms with Gasteiger partial charge in [0.05, 0.1) is 5.52 Å². The van der Waals surface area contributed by atoms with E-state index in [1.807, 2.05) is 19.1 Å². The SMILES string of the molecule is Cc1cc2ccc(Br)cc2nc1Br. The monoisotopic (exact) mass is 299 g/mol. The molecule has 0 saturated heterocycles. The van der Waals surface area contributed by atoms with E-state index in [1.54, 1.807) is 0 Å². The summed E-state index contributed by atoms with van der Waals surface area (Å²) in [6.45, 7) is 2.04. The Morgan fingerprint density at radius 2 is 1.92 bits per heavy atom. The Morgan fingerprint density at radius 3 is 2.69 bits per heavy atom. The molecule has 66 valence electrons. The van der Waals surface area contributed by atoms with Crippen LogP contribution in [-0.2, 0) is 0 Å². The van der Waals surface area contributed by atoms with Gasteiger partial charge in [0.15, 0.2) is 0 Å². The van der Waals surface area contributed by atoms with Gasteiger partial charge in [-0.25, -0.2) is 4.98 Å². The molecule has 0 unspecified atom stereocenters. The lowest BCUT2D eigenvalue weighted by Crippen LogP contribution is -1.84. The minimum Gasteiger partial charge on any atom is -0.241 e. The van der Waals surface area contributed by atoms with E-state index in [0.29, 0.717) is 0 Å². The van der Waals surface area contributed by atoms with Crippen LogP contribution in [0, 0.1) is 6.92 Å². The van der Waals surface area contributed by atoms with Gasteiger partial charge in [-0.1, -0.05) is 22.0 Å². The van der Waals surface area contributed by atoms with E-state index in [9.17, 15) is 0 Å². The summed E-state index contributed by atoms with van der Waals surface area (Å²) in [5, 5.41) is 1.17. The Kier molecular flexibility index (Phi) is 2.39. The highest BCUT2D eigenvalue weighted by Crippen LogP contribution is 2.22. The van der Waals surface area contributed by atoms with Crippen LogP contribution in [0.3, 0.4) is 0 Å². The molecule has 0 fully saturated rings. The van der Waals surface area contributed by atoms with E-state index in [4.69, 9.17) is 0 Å². The standard InChI is InChI=1S/C10H7Br2N/c1-6-4-7-2-3-8(11)5-9(7)13-10(6)12/h2-5H,1H3. The first kappa shape index (κ1) is 9.16. The highest BCUT2D eigenvalue weighted by atomic mass is 79.9. The first-order chi connectivity index (χ1) is 6.16. The van der Waals surface area contributed by atoms with E-state index < -0.39 is 0 Å². The normalized spacial score (nSPS) is 10.7. The molecule has 13 heavy (non-hydrogen) atoms. The smallest absolute Gasteiger partial charge is 0.109 e. The largest absolute Gasteiger partial charge is 0.241 e. The lowest BCUT2D eigenvalue weighted by Gasteiger charge is -2.01. The Hall–Kier alpha value is -0.410. The number of nitrogens with zero attached hydrogens (tertiary/aromatic N) is 1. The van der Waals surface area contributed by atoms with Gasteiger partial charge in [-0.3, -0.25) is 0 Å². The van der Waals surface area contributed by atoms with Crippen molar-refractivity contribution in [1.82, 2.24) is 4.98 Å². The van der Waals surface area contributed by atoms with Gasteiger partial charge in [0, 0.05) is 9.86 Å². The predicted molar refractivity (Wildman–Crippen MR) is 61.9 cm³/mol. The van der Waals surface area contributed by atoms with Gasteiger partial charge in [0.2, 0.25) is 0 Å². The molecule has 0 aliphatic rings. The van der Waals surface area contributed by atoms with Crippen LogP contribution in [0.2, 0.25) is 0 Å². The summed E-state index contributed by atoms with van der Waals surface area (Å²) in [6, 6.07) is 8.22. The van der Waals surface area contributed by atoms with E-state index in [1.165, 1.54) is 5.39 Å².